The number of benzene rings is 1. The van der Waals surface area contributed by atoms with Crippen molar-refractivity contribution >= 4 is 23.5 Å². The molecule has 3 saturated heterocycles. The number of carbonyl (C=O) groups excluding carboxylic acids is 3. The Kier molecular flexibility index (Phi) is 3.49. The average Bonchev–Trinajstić information content (AvgIpc) is 3.23. The molecule has 0 radical (unpaired) electrons. The summed E-state index contributed by atoms with van der Waals surface area (Å²) >= 11 is 0. The summed E-state index contributed by atoms with van der Waals surface area (Å²) in [5.74, 6) is 0.134. The number of nitrogens with zero attached hydrogens (tertiary/aromatic N) is 3. The number of rotatable bonds is 3. The molecule has 0 aliphatic carbocycles. The van der Waals surface area contributed by atoms with Gasteiger partial charge in [0.1, 0.15) is 17.3 Å². The Morgan fingerprint density at radius 2 is 1.92 bits per heavy atom. The minimum absolute atomic E-state index is 0.226. The van der Waals surface area contributed by atoms with Crippen LogP contribution in [0, 0.1) is 0 Å². The van der Waals surface area contributed by atoms with Crippen molar-refractivity contribution in [3.63, 3.8) is 0 Å². The Morgan fingerprint density at radius 3 is 2.64 bits per heavy atom. The molecule has 3 aliphatic rings. The Morgan fingerprint density at radius 1 is 1.16 bits per heavy atom. The van der Waals surface area contributed by atoms with Crippen molar-refractivity contribution in [2.24, 2.45) is 0 Å². The van der Waals surface area contributed by atoms with Gasteiger partial charge < -0.3 is 14.5 Å². The van der Waals surface area contributed by atoms with E-state index in [1.807, 2.05) is 18.2 Å². The fourth-order valence-corrected chi connectivity index (χ4v) is 4.24. The van der Waals surface area contributed by atoms with Crippen LogP contribution in [0.25, 0.3) is 0 Å². The molecule has 1 aromatic carbocycles. The number of hydrogen-bond acceptors (Lipinski definition) is 4. The first-order valence-corrected chi connectivity index (χ1v) is 8.58. The quantitative estimate of drug-likeness (QED) is 0.782. The van der Waals surface area contributed by atoms with Gasteiger partial charge in [0, 0.05) is 13.1 Å². The van der Waals surface area contributed by atoms with Gasteiger partial charge >= 0.3 is 6.03 Å². The SMILES string of the molecule is COc1ccccc1N1CC[C@H](N2C(=O)N3CCC[C@]3(C)C2=O)C1=O. The second-order valence-electron chi connectivity index (χ2n) is 6.95. The zero-order valence-corrected chi connectivity index (χ0v) is 14.4. The molecule has 3 heterocycles. The molecular formula is C18H21N3O4. The van der Waals surface area contributed by atoms with Gasteiger partial charge in [-0.1, -0.05) is 12.1 Å². The maximum absolute atomic E-state index is 13.0. The number of methoxy groups -OCH3 is 1. The monoisotopic (exact) mass is 343 g/mol. The van der Waals surface area contributed by atoms with E-state index >= 15 is 0 Å². The van der Waals surface area contributed by atoms with Crippen molar-refractivity contribution in [1.82, 2.24) is 9.80 Å². The maximum atomic E-state index is 13.0. The first-order chi connectivity index (χ1) is 12.0. The highest BCUT2D eigenvalue weighted by Gasteiger charge is 2.60. The van der Waals surface area contributed by atoms with Crippen LogP contribution in [0.3, 0.4) is 0 Å². The smallest absolute Gasteiger partial charge is 0.328 e. The summed E-state index contributed by atoms with van der Waals surface area (Å²) < 4.78 is 5.34. The van der Waals surface area contributed by atoms with Crippen molar-refractivity contribution in [3.05, 3.63) is 24.3 Å². The lowest BCUT2D eigenvalue weighted by molar-refractivity contribution is -0.136. The molecule has 4 rings (SSSR count). The molecule has 7 nitrogen and oxygen atoms in total. The van der Waals surface area contributed by atoms with E-state index in [1.54, 1.807) is 29.9 Å². The second kappa shape index (κ2) is 5.47. The Balaban J connectivity index is 1.63. The van der Waals surface area contributed by atoms with E-state index < -0.39 is 11.6 Å². The number of hydrogen-bond donors (Lipinski definition) is 0. The predicted octanol–water partition coefficient (Wildman–Crippen LogP) is 1.62. The third kappa shape index (κ3) is 2.08. The van der Waals surface area contributed by atoms with E-state index in [-0.39, 0.29) is 17.8 Å². The van der Waals surface area contributed by atoms with Gasteiger partial charge in [-0.25, -0.2) is 9.69 Å². The lowest BCUT2D eigenvalue weighted by Crippen LogP contribution is -2.47. The lowest BCUT2D eigenvalue weighted by Gasteiger charge is -2.23. The maximum Gasteiger partial charge on any atom is 0.328 e. The summed E-state index contributed by atoms with van der Waals surface area (Å²) in [5, 5.41) is 0. The van der Waals surface area contributed by atoms with E-state index in [4.69, 9.17) is 4.74 Å². The molecule has 0 saturated carbocycles. The molecule has 0 N–H and O–H groups in total. The fourth-order valence-electron chi connectivity index (χ4n) is 4.24. The predicted molar refractivity (Wildman–Crippen MR) is 90.3 cm³/mol. The molecule has 7 heteroatoms. The molecule has 132 valence electrons. The third-order valence-corrected chi connectivity index (χ3v) is 5.62. The standard InChI is InChI=1S/C18H21N3O4/c1-18-9-5-10-20(18)17(24)21(16(18)23)13-8-11-19(15(13)22)12-6-3-4-7-14(12)25-2/h3-4,6-7,13H,5,8-11H2,1-2H3/t13-,18+/m0/s1. The van der Waals surface area contributed by atoms with Crippen LogP contribution in [-0.4, -0.2) is 59.4 Å². The van der Waals surface area contributed by atoms with Crippen LogP contribution in [0.15, 0.2) is 24.3 Å². The first-order valence-electron chi connectivity index (χ1n) is 8.58. The minimum Gasteiger partial charge on any atom is -0.495 e. The summed E-state index contributed by atoms with van der Waals surface area (Å²) in [6.07, 6.45) is 1.93. The molecule has 4 amide bonds. The van der Waals surface area contributed by atoms with Crippen LogP contribution in [-0.2, 0) is 9.59 Å². The highest BCUT2D eigenvalue weighted by molar-refractivity contribution is 6.12. The van der Waals surface area contributed by atoms with Gasteiger partial charge in [0.05, 0.1) is 12.8 Å². The topological polar surface area (TPSA) is 70.2 Å². The van der Waals surface area contributed by atoms with Crippen LogP contribution >= 0.6 is 0 Å². The van der Waals surface area contributed by atoms with E-state index in [0.717, 1.165) is 6.42 Å². The highest BCUT2D eigenvalue weighted by atomic mass is 16.5. The molecule has 0 bridgehead atoms. The number of carbonyl (C=O) groups is 3. The summed E-state index contributed by atoms with van der Waals surface area (Å²) in [5.41, 5.74) is -0.113. The van der Waals surface area contributed by atoms with Crippen molar-refractivity contribution in [1.29, 1.82) is 0 Å². The summed E-state index contributed by atoms with van der Waals surface area (Å²) in [6.45, 7) is 2.84. The van der Waals surface area contributed by atoms with E-state index in [2.05, 4.69) is 0 Å². The van der Waals surface area contributed by atoms with E-state index in [1.165, 1.54) is 4.90 Å². The summed E-state index contributed by atoms with van der Waals surface area (Å²) in [4.78, 5) is 43.0. The zero-order chi connectivity index (χ0) is 17.8. The van der Waals surface area contributed by atoms with Gasteiger partial charge in [0.2, 0.25) is 0 Å². The van der Waals surface area contributed by atoms with E-state index in [0.29, 0.717) is 37.4 Å². The number of amides is 4. The Bertz CT molecular complexity index is 764. The largest absolute Gasteiger partial charge is 0.495 e. The van der Waals surface area contributed by atoms with Crippen molar-refractivity contribution < 1.29 is 19.1 Å². The van der Waals surface area contributed by atoms with Gasteiger partial charge in [-0.3, -0.25) is 9.59 Å². The molecule has 0 spiro atoms. The summed E-state index contributed by atoms with van der Waals surface area (Å²) in [7, 11) is 1.56. The number of fused-ring (bicyclic) bond motifs is 1. The van der Waals surface area contributed by atoms with Crippen LogP contribution in [0.4, 0.5) is 10.5 Å². The van der Waals surface area contributed by atoms with Gasteiger partial charge in [-0.15, -0.1) is 0 Å². The molecule has 3 fully saturated rings. The van der Waals surface area contributed by atoms with Crippen LogP contribution in [0.1, 0.15) is 26.2 Å². The number of urea groups is 1. The van der Waals surface area contributed by atoms with Crippen LogP contribution in [0.5, 0.6) is 5.75 Å². The molecule has 0 aromatic heterocycles. The molecule has 25 heavy (non-hydrogen) atoms. The van der Waals surface area contributed by atoms with Crippen LogP contribution in [0.2, 0.25) is 0 Å². The van der Waals surface area contributed by atoms with Crippen LogP contribution < -0.4 is 9.64 Å². The minimum atomic E-state index is -0.783. The summed E-state index contributed by atoms with van der Waals surface area (Å²) in [6, 6.07) is 6.22. The lowest BCUT2D eigenvalue weighted by atomic mass is 9.99. The third-order valence-electron chi connectivity index (χ3n) is 5.62. The molecule has 2 atom stereocenters. The molecule has 3 aliphatic heterocycles. The Labute approximate surface area is 146 Å². The van der Waals surface area contributed by atoms with E-state index in [9.17, 15) is 14.4 Å². The molecular weight excluding hydrogens is 322 g/mol. The van der Waals surface area contributed by atoms with Gasteiger partial charge in [-0.2, -0.15) is 0 Å². The Hall–Kier alpha value is -2.57. The average molecular weight is 343 g/mol. The van der Waals surface area contributed by atoms with Gasteiger partial charge in [0.25, 0.3) is 11.8 Å². The number of imide groups is 1. The zero-order valence-electron chi connectivity index (χ0n) is 14.4. The first kappa shape index (κ1) is 15.9. The van der Waals surface area contributed by atoms with Crippen molar-refractivity contribution in [3.8, 4) is 5.75 Å². The highest BCUT2D eigenvalue weighted by Crippen LogP contribution is 2.40. The van der Waals surface area contributed by atoms with Gasteiger partial charge in [-0.05, 0) is 38.3 Å². The second-order valence-corrected chi connectivity index (χ2v) is 6.95. The van der Waals surface area contributed by atoms with Crippen molar-refractivity contribution in [2.75, 3.05) is 25.1 Å². The number of ether oxygens (including phenoxy) is 1. The van der Waals surface area contributed by atoms with Gasteiger partial charge in [0.15, 0.2) is 0 Å². The molecule has 0 unspecified atom stereocenters. The molecule has 1 aromatic rings. The number of anilines is 1. The van der Waals surface area contributed by atoms with Crippen molar-refractivity contribution in [2.45, 2.75) is 37.8 Å². The fraction of sp³-hybridized carbons (Fsp3) is 0.500. The number of para-hydroxylation sites is 2. The normalized spacial score (nSPS) is 29.0.